The fraction of sp³-hybridized carbons (Fsp3) is 0.227. The van der Waals surface area contributed by atoms with Gasteiger partial charge in [-0.15, -0.1) is 0 Å². The van der Waals surface area contributed by atoms with E-state index in [2.05, 4.69) is 15.5 Å². The van der Waals surface area contributed by atoms with Crippen LogP contribution in [-0.4, -0.2) is 33.6 Å². The topological polar surface area (TPSA) is 103 Å². The fourth-order valence-corrected chi connectivity index (χ4v) is 4.38. The molecule has 5 rings (SSSR count). The zero-order chi connectivity index (χ0) is 21.9. The number of hydrogen-bond acceptors (Lipinski definition) is 6. The molecule has 0 bridgehead atoms. The standard InChI is InChI=1S/C22H21N5O4/c1-26-20-19(21(28)27(2)22(26)29)17(11-5-8-15(30-3)16(9-11)31-4)18-12-10-23-25-13(12)6-7-14(18)24-20/h5-10,17,24H,1-4H3,(H,23,25). The molecule has 2 aromatic carbocycles. The van der Waals surface area contributed by atoms with Gasteiger partial charge in [-0.05, 0) is 35.4 Å². The molecular formula is C22H21N5O4. The summed E-state index contributed by atoms with van der Waals surface area (Å²) in [7, 11) is 6.29. The van der Waals surface area contributed by atoms with E-state index < -0.39 is 11.6 Å². The molecule has 1 aliphatic heterocycles. The van der Waals surface area contributed by atoms with Gasteiger partial charge in [-0.1, -0.05) is 6.07 Å². The average molecular weight is 419 g/mol. The minimum atomic E-state index is -0.446. The lowest BCUT2D eigenvalue weighted by atomic mass is 9.81. The number of fused-ring (bicyclic) bond motifs is 4. The number of nitrogens with zero attached hydrogens (tertiary/aromatic N) is 3. The number of methoxy groups -OCH3 is 2. The maximum Gasteiger partial charge on any atom is 0.332 e. The average Bonchev–Trinajstić information content (AvgIpc) is 3.28. The van der Waals surface area contributed by atoms with Crippen molar-refractivity contribution in [2.75, 3.05) is 19.5 Å². The van der Waals surface area contributed by atoms with E-state index in [-0.39, 0.29) is 5.56 Å². The van der Waals surface area contributed by atoms with Crippen LogP contribution in [0.5, 0.6) is 11.5 Å². The Labute approximate surface area is 176 Å². The van der Waals surface area contributed by atoms with Crippen molar-refractivity contribution in [3.63, 3.8) is 0 Å². The van der Waals surface area contributed by atoms with Crippen molar-refractivity contribution >= 4 is 22.4 Å². The van der Waals surface area contributed by atoms with Crippen LogP contribution in [0, 0.1) is 0 Å². The summed E-state index contributed by atoms with van der Waals surface area (Å²) in [6.45, 7) is 0. The number of H-pyrrole nitrogens is 1. The molecule has 0 saturated heterocycles. The van der Waals surface area contributed by atoms with Crippen molar-refractivity contribution in [3.05, 3.63) is 74.1 Å². The first-order chi connectivity index (χ1) is 15.0. The van der Waals surface area contributed by atoms with Crippen molar-refractivity contribution in [3.8, 4) is 11.5 Å². The number of nitrogens with one attached hydrogen (secondary N) is 2. The van der Waals surface area contributed by atoms with Crippen molar-refractivity contribution in [1.82, 2.24) is 19.3 Å². The number of aromatic nitrogens is 4. The molecule has 0 saturated carbocycles. The summed E-state index contributed by atoms with van der Waals surface area (Å²) in [5.41, 5.74) is 3.15. The minimum absolute atomic E-state index is 0.350. The van der Waals surface area contributed by atoms with Crippen LogP contribution in [0.4, 0.5) is 11.5 Å². The van der Waals surface area contributed by atoms with Gasteiger partial charge in [0.2, 0.25) is 0 Å². The third-order valence-corrected chi connectivity index (χ3v) is 5.94. The number of anilines is 2. The number of benzene rings is 2. The summed E-state index contributed by atoms with van der Waals surface area (Å²) in [5.74, 6) is 1.18. The van der Waals surface area contributed by atoms with E-state index in [0.717, 1.165) is 32.3 Å². The molecular weight excluding hydrogens is 398 g/mol. The van der Waals surface area contributed by atoms with Gasteiger partial charge in [-0.3, -0.25) is 19.0 Å². The summed E-state index contributed by atoms with van der Waals surface area (Å²) in [6, 6.07) is 9.44. The Kier molecular flexibility index (Phi) is 4.14. The van der Waals surface area contributed by atoms with Crippen molar-refractivity contribution in [1.29, 1.82) is 0 Å². The Balaban J connectivity index is 1.91. The molecule has 0 spiro atoms. The van der Waals surface area contributed by atoms with Gasteiger partial charge in [0, 0.05) is 31.1 Å². The van der Waals surface area contributed by atoms with Gasteiger partial charge >= 0.3 is 5.69 Å². The number of hydrogen-bond donors (Lipinski definition) is 2. The lowest BCUT2D eigenvalue weighted by Crippen LogP contribution is -2.42. The van der Waals surface area contributed by atoms with E-state index >= 15 is 0 Å². The predicted octanol–water partition coefficient (Wildman–Crippen LogP) is 2.21. The molecule has 4 aromatic rings. The Morgan fingerprint density at radius 2 is 1.74 bits per heavy atom. The molecule has 0 fully saturated rings. The largest absolute Gasteiger partial charge is 0.493 e. The molecule has 3 heterocycles. The van der Waals surface area contributed by atoms with E-state index in [0.29, 0.717) is 22.9 Å². The maximum atomic E-state index is 13.4. The van der Waals surface area contributed by atoms with E-state index in [4.69, 9.17) is 9.47 Å². The molecule has 0 aliphatic carbocycles. The lowest BCUT2D eigenvalue weighted by Gasteiger charge is -2.31. The van der Waals surface area contributed by atoms with Crippen LogP contribution in [0.3, 0.4) is 0 Å². The Morgan fingerprint density at radius 1 is 0.968 bits per heavy atom. The smallest absolute Gasteiger partial charge is 0.332 e. The normalized spacial score (nSPS) is 14.6. The molecule has 1 atom stereocenters. The highest BCUT2D eigenvalue weighted by atomic mass is 16.5. The van der Waals surface area contributed by atoms with E-state index in [1.165, 1.54) is 11.6 Å². The van der Waals surface area contributed by atoms with Gasteiger partial charge in [0.1, 0.15) is 5.82 Å². The molecule has 31 heavy (non-hydrogen) atoms. The first kappa shape index (κ1) is 19.0. The van der Waals surface area contributed by atoms with Gasteiger partial charge < -0.3 is 14.8 Å². The van der Waals surface area contributed by atoms with Crippen LogP contribution in [0.15, 0.2) is 46.1 Å². The molecule has 1 unspecified atom stereocenters. The van der Waals surface area contributed by atoms with Crippen molar-refractivity contribution < 1.29 is 9.47 Å². The fourth-order valence-electron chi connectivity index (χ4n) is 4.38. The molecule has 2 aromatic heterocycles. The third kappa shape index (κ3) is 2.59. The van der Waals surface area contributed by atoms with Gasteiger partial charge in [0.25, 0.3) is 5.56 Å². The van der Waals surface area contributed by atoms with E-state index in [9.17, 15) is 9.59 Å². The molecule has 0 radical (unpaired) electrons. The van der Waals surface area contributed by atoms with E-state index in [1.807, 2.05) is 30.3 Å². The highest BCUT2D eigenvalue weighted by Crippen LogP contribution is 2.47. The number of rotatable bonds is 3. The van der Waals surface area contributed by atoms with Gasteiger partial charge in [-0.25, -0.2) is 4.79 Å². The van der Waals surface area contributed by atoms with Gasteiger partial charge in [-0.2, -0.15) is 5.10 Å². The monoisotopic (exact) mass is 419 g/mol. The molecule has 1 aliphatic rings. The molecule has 158 valence electrons. The first-order valence-corrected chi connectivity index (χ1v) is 9.71. The second-order valence-electron chi connectivity index (χ2n) is 7.50. The summed E-state index contributed by atoms with van der Waals surface area (Å²) in [4.78, 5) is 26.0. The lowest BCUT2D eigenvalue weighted by molar-refractivity contribution is 0.354. The second-order valence-corrected chi connectivity index (χ2v) is 7.50. The zero-order valence-electron chi connectivity index (χ0n) is 17.5. The SMILES string of the molecule is COc1ccc(C2c3c(n(C)c(=O)n(C)c3=O)Nc3ccc4[nH]ncc4c32)cc1OC. The Morgan fingerprint density at radius 3 is 2.48 bits per heavy atom. The van der Waals surface area contributed by atoms with Crippen molar-refractivity contribution in [2.24, 2.45) is 14.1 Å². The molecule has 2 N–H and O–H groups in total. The molecule has 9 heteroatoms. The third-order valence-electron chi connectivity index (χ3n) is 5.94. The van der Waals surface area contributed by atoms with Crippen LogP contribution >= 0.6 is 0 Å². The van der Waals surface area contributed by atoms with Gasteiger partial charge in [0.05, 0.1) is 31.5 Å². The second kappa shape index (κ2) is 6.76. The summed E-state index contributed by atoms with van der Waals surface area (Å²) >= 11 is 0. The molecule has 0 amide bonds. The maximum absolute atomic E-state index is 13.4. The van der Waals surface area contributed by atoms with Crippen LogP contribution < -0.4 is 26.0 Å². The first-order valence-electron chi connectivity index (χ1n) is 9.71. The van der Waals surface area contributed by atoms with Crippen LogP contribution in [0.25, 0.3) is 10.9 Å². The highest BCUT2D eigenvalue weighted by molar-refractivity contribution is 5.92. The summed E-state index contributed by atoms with van der Waals surface area (Å²) in [6.07, 6.45) is 1.75. The Hall–Kier alpha value is -4.01. The quantitative estimate of drug-likeness (QED) is 0.465. The van der Waals surface area contributed by atoms with Crippen LogP contribution in [-0.2, 0) is 14.1 Å². The van der Waals surface area contributed by atoms with Gasteiger partial charge in [0.15, 0.2) is 11.5 Å². The van der Waals surface area contributed by atoms with Crippen LogP contribution in [0.1, 0.15) is 22.6 Å². The van der Waals surface area contributed by atoms with Crippen molar-refractivity contribution in [2.45, 2.75) is 5.92 Å². The number of ether oxygens (including phenoxy) is 2. The van der Waals surface area contributed by atoms with Crippen LogP contribution in [0.2, 0.25) is 0 Å². The minimum Gasteiger partial charge on any atom is -0.493 e. The summed E-state index contributed by atoms with van der Waals surface area (Å²) < 4.78 is 13.5. The predicted molar refractivity (Wildman–Crippen MR) is 117 cm³/mol. The van der Waals surface area contributed by atoms with E-state index in [1.54, 1.807) is 27.5 Å². The zero-order valence-corrected chi connectivity index (χ0v) is 17.5. The Bertz CT molecular complexity index is 1460. The molecule has 9 nitrogen and oxygen atoms in total. The number of aromatic amines is 1. The summed E-state index contributed by atoms with van der Waals surface area (Å²) in [5, 5.41) is 11.4. The highest BCUT2D eigenvalue weighted by Gasteiger charge is 2.34.